The van der Waals surface area contributed by atoms with Gasteiger partial charge in [-0.25, -0.2) is 14.2 Å². The normalized spacial score (nSPS) is 23.9. The number of likely N-dealkylation sites (tertiary alicyclic amines) is 1. The first kappa shape index (κ1) is 34.6. The molecule has 0 aliphatic carbocycles. The fraction of sp³-hybridized carbons (Fsp3) is 0.719. The van der Waals surface area contributed by atoms with Crippen molar-refractivity contribution in [2.75, 3.05) is 58.1 Å². The highest BCUT2D eigenvalue weighted by atomic mass is 19.1. The Bertz CT molecular complexity index is 1200. The summed E-state index contributed by atoms with van der Waals surface area (Å²) in [7, 11) is 1.64. The van der Waals surface area contributed by atoms with Gasteiger partial charge in [0.2, 0.25) is 5.91 Å². The number of carbonyl (C=O) groups excluding carboxylic acids is 3. The molecule has 1 aromatic rings. The molecule has 2 saturated heterocycles. The third kappa shape index (κ3) is 8.69. The van der Waals surface area contributed by atoms with Crippen molar-refractivity contribution in [3.05, 3.63) is 30.1 Å². The second-order valence-electron chi connectivity index (χ2n) is 13.3. The molecule has 3 amide bonds. The Morgan fingerprint density at radius 1 is 1.09 bits per heavy atom. The number of halogens is 1. The predicted octanol–water partition coefficient (Wildman–Crippen LogP) is 4.29. The highest BCUT2D eigenvalue weighted by molar-refractivity contribution is 5.85. The van der Waals surface area contributed by atoms with Crippen LogP contribution in [0.15, 0.2) is 34.6 Å². The molecule has 2 fully saturated rings. The number of amides is 3. The standard InChI is InChI=1S/C32H49FN6O6/c1-22(2)38(30(41)28-27(13-9-10-16-43-6)39(35-34-28)26-12-8-7-11-25(26)33)24-19-23(29(40)36-14-17-44-18-15-36)20-37(21-24)31(42)45-32(3,4)5/h7-8,11-12,22-24,27-28H,9-10,13-21H2,1-6H3/t23-,24+,27?,28?/m1/s1. The number of carbonyl (C=O) groups is 3. The Labute approximate surface area is 265 Å². The average Bonchev–Trinajstić information content (AvgIpc) is 3.42. The van der Waals surface area contributed by atoms with Gasteiger partial charge in [0.1, 0.15) is 11.4 Å². The minimum atomic E-state index is -0.889. The van der Waals surface area contributed by atoms with Gasteiger partial charge in [-0.05, 0) is 72.4 Å². The Morgan fingerprint density at radius 3 is 2.44 bits per heavy atom. The van der Waals surface area contributed by atoms with Crippen molar-refractivity contribution in [3.8, 4) is 0 Å². The molecule has 1 aromatic carbocycles. The van der Waals surface area contributed by atoms with E-state index >= 15 is 0 Å². The van der Waals surface area contributed by atoms with E-state index < -0.39 is 41.6 Å². The zero-order valence-electron chi connectivity index (χ0n) is 27.5. The Balaban J connectivity index is 1.62. The molecule has 0 aromatic heterocycles. The highest BCUT2D eigenvalue weighted by Crippen LogP contribution is 2.34. The molecule has 0 spiro atoms. The molecule has 3 aliphatic rings. The van der Waals surface area contributed by atoms with Gasteiger partial charge >= 0.3 is 6.09 Å². The first-order valence-electron chi connectivity index (χ1n) is 16.0. The maximum atomic E-state index is 14.9. The van der Waals surface area contributed by atoms with Gasteiger partial charge in [-0.3, -0.25) is 9.59 Å². The number of anilines is 1. The zero-order chi connectivity index (χ0) is 32.7. The van der Waals surface area contributed by atoms with Gasteiger partial charge in [0.15, 0.2) is 6.04 Å². The van der Waals surface area contributed by atoms with Gasteiger partial charge in [-0.2, -0.15) is 5.11 Å². The summed E-state index contributed by atoms with van der Waals surface area (Å²) in [6, 6.07) is 4.18. The topological polar surface area (TPSA) is 117 Å². The molecule has 2 unspecified atom stereocenters. The number of para-hydroxylation sites is 1. The lowest BCUT2D eigenvalue weighted by molar-refractivity contribution is -0.146. The quantitative estimate of drug-likeness (QED) is 0.354. The van der Waals surface area contributed by atoms with Crippen LogP contribution in [0.25, 0.3) is 0 Å². The van der Waals surface area contributed by atoms with E-state index in [1.165, 1.54) is 11.1 Å². The van der Waals surface area contributed by atoms with Crippen molar-refractivity contribution >= 4 is 23.6 Å². The summed E-state index contributed by atoms with van der Waals surface area (Å²) >= 11 is 0. The molecule has 0 saturated carbocycles. The van der Waals surface area contributed by atoms with Crippen LogP contribution in [-0.4, -0.2) is 115 Å². The molecule has 45 heavy (non-hydrogen) atoms. The number of piperidine rings is 1. The number of unbranched alkanes of at least 4 members (excludes halogenated alkanes) is 1. The van der Waals surface area contributed by atoms with Crippen LogP contribution in [-0.2, 0) is 23.8 Å². The van der Waals surface area contributed by atoms with Crippen molar-refractivity contribution < 1.29 is 33.0 Å². The third-order valence-corrected chi connectivity index (χ3v) is 8.36. The molecule has 4 rings (SSSR count). The number of hydrogen-bond acceptors (Lipinski definition) is 9. The summed E-state index contributed by atoms with van der Waals surface area (Å²) in [6.07, 6.45) is 1.90. The monoisotopic (exact) mass is 632 g/mol. The van der Waals surface area contributed by atoms with Crippen molar-refractivity contribution in [1.29, 1.82) is 0 Å². The second-order valence-corrected chi connectivity index (χ2v) is 13.3. The lowest BCUT2D eigenvalue weighted by Gasteiger charge is -2.45. The molecule has 12 nitrogen and oxygen atoms in total. The van der Waals surface area contributed by atoms with Crippen LogP contribution in [0.1, 0.15) is 60.3 Å². The number of nitrogens with zero attached hydrogens (tertiary/aromatic N) is 6. The van der Waals surface area contributed by atoms with Gasteiger partial charge in [-0.1, -0.05) is 17.4 Å². The van der Waals surface area contributed by atoms with E-state index in [0.717, 1.165) is 12.8 Å². The van der Waals surface area contributed by atoms with Crippen LogP contribution in [0.3, 0.4) is 0 Å². The van der Waals surface area contributed by atoms with Crippen LogP contribution in [0.2, 0.25) is 0 Å². The molecular weight excluding hydrogens is 583 g/mol. The van der Waals surface area contributed by atoms with Gasteiger partial charge in [-0.15, -0.1) is 0 Å². The van der Waals surface area contributed by atoms with E-state index in [1.807, 2.05) is 13.8 Å². The predicted molar refractivity (Wildman–Crippen MR) is 166 cm³/mol. The van der Waals surface area contributed by atoms with E-state index in [4.69, 9.17) is 14.2 Å². The summed E-state index contributed by atoms with van der Waals surface area (Å²) < 4.78 is 31.3. The Morgan fingerprint density at radius 2 is 1.80 bits per heavy atom. The maximum Gasteiger partial charge on any atom is 0.410 e. The molecule has 3 heterocycles. The number of rotatable bonds is 10. The molecule has 250 valence electrons. The fourth-order valence-electron chi connectivity index (χ4n) is 6.33. The van der Waals surface area contributed by atoms with Crippen molar-refractivity contribution in [2.45, 2.75) is 90.1 Å². The van der Waals surface area contributed by atoms with Gasteiger partial charge in [0.05, 0.1) is 36.9 Å². The maximum absolute atomic E-state index is 14.9. The van der Waals surface area contributed by atoms with E-state index in [9.17, 15) is 18.8 Å². The van der Waals surface area contributed by atoms with Crippen LogP contribution in [0.4, 0.5) is 14.9 Å². The van der Waals surface area contributed by atoms with Crippen molar-refractivity contribution in [2.24, 2.45) is 16.3 Å². The molecule has 0 bridgehead atoms. The Kier molecular flexibility index (Phi) is 11.8. The Hall–Kier alpha value is -3.32. The number of morpholine rings is 1. The molecule has 3 aliphatic heterocycles. The largest absolute Gasteiger partial charge is 0.444 e. The highest BCUT2D eigenvalue weighted by Gasteiger charge is 2.46. The summed E-state index contributed by atoms with van der Waals surface area (Å²) in [5, 5.41) is 10.2. The van der Waals surface area contributed by atoms with E-state index in [0.29, 0.717) is 45.8 Å². The van der Waals surface area contributed by atoms with Crippen LogP contribution in [0.5, 0.6) is 0 Å². The van der Waals surface area contributed by atoms with E-state index in [-0.39, 0.29) is 36.6 Å². The van der Waals surface area contributed by atoms with E-state index in [1.54, 1.807) is 60.8 Å². The molecule has 0 radical (unpaired) electrons. The van der Waals surface area contributed by atoms with Crippen LogP contribution < -0.4 is 5.01 Å². The number of methoxy groups -OCH3 is 1. The fourth-order valence-corrected chi connectivity index (χ4v) is 6.33. The van der Waals surface area contributed by atoms with Gasteiger partial charge in [0.25, 0.3) is 5.91 Å². The second kappa shape index (κ2) is 15.3. The number of ether oxygens (including phenoxy) is 3. The van der Waals surface area contributed by atoms with Gasteiger partial charge < -0.3 is 28.9 Å². The lowest BCUT2D eigenvalue weighted by atomic mass is 9.90. The minimum absolute atomic E-state index is 0.0602. The van der Waals surface area contributed by atoms with Crippen LogP contribution in [0, 0.1) is 11.7 Å². The van der Waals surface area contributed by atoms with Gasteiger partial charge in [0, 0.05) is 45.9 Å². The zero-order valence-corrected chi connectivity index (χ0v) is 27.5. The molecule has 0 N–H and O–H groups in total. The van der Waals surface area contributed by atoms with Crippen molar-refractivity contribution in [1.82, 2.24) is 14.7 Å². The average molecular weight is 633 g/mol. The summed E-state index contributed by atoms with van der Waals surface area (Å²) in [6.45, 7) is 12.1. The number of hydrogen-bond donors (Lipinski definition) is 0. The molecule has 4 atom stereocenters. The summed E-state index contributed by atoms with van der Waals surface area (Å²) in [4.78, 5) is 46.7. The first-order valence-corrected chi connectivity index (χ1v) is 16.0. The summed E-state index contributed by atoms with van der Waals surface area (Å²) in [5.41, 5.74) is -0.466. The molecule has 13 heteroatoms. The van der Waals surface area contributed by atoms with Crippen molar-refractivity contribution in [3.63, 3.8) is 0 Å². The third-order valence-electron chi connectivity index (χ3n) is 8.36. The number of benzene rings is 1. The summed E-state index contributed by atoms with van der Waals surface area (Å²) in [5.74, 6) is -1.29. The SMILES string of the molecule is COCCCCC1C(C(=O)N(C(C)C)[C@H]2C[C@@H](C(=O)N3CCOCC3)CN(C(=O)OC(C)(C)C)C2)N=NN1c1ccccc1F. The van der Waals surface area contributed by atoms with E-state index in [2.05, 4.69) is 10.3 Å². The smallest absolute Gasteiger partial charge is 0.410 e. The minimum Gasteiger partial charge on any atom is -0.444 e. The molecular formula is C32H49FN6O6. The first-order chi connectivity index (χ1) is 21.4. The van der Waals surface area contributed by atoms with Crippen LogP contribution >= 0.6 is 0 Å². The lowest BCUT2D eigenvalue weighted by Crippen LogP contribution is -2.61.